The van der Waals surface area contributed by atoms with Crippen molar-refractivity contribution in [3.8, 4) is 17.2 Å². The first kappa shape index (κ1) is 23.6. The maximum absolute atomic E-state index is 12.6. The molecule has 164 valence electrons. The summed E-state index contributed by atoms with van der Waals surface area (Å²) in [6.45, 7) is 1.89. The Balaban J connectivity index is 2.04. The number of hydrogen-bond acceptors (Lipinski definition) is 6. The fourth-order valence-electron chi connectivity index (χ4n) is 2.78. The van der Waals surface area contributed by atoms with E-state index in [1.165, 1.54) is 20.1 Å². The monoisotopic (exact) mass is 456 g/mol. The van der Waals surface area contributed by atoms with E-state index >= 15 is 0 Å². The lowest BCUT2D eigenvalue weighted by Crippen LogP contribution is -2.48. The molecule has 1 atom stereocenters. The van der Waals surface area contributed by atoms with Gasteiger partial charge in [0.25, 0.3) is 0 Å². The van der Waals surface area contributed by atoms with Gasteiger partial charge in [-0.25, -0.2) is 8.42 Å². The average molecular weight is 457 g/mol. The molecule has 0 saturated heterocycles. The molecule has 0 radical (unpaired) electrons. The van der Waals surface area contributed by atoms with Gasteiger partial charge < -0.3 is 19.5 Å². The third-order valence-electron chi connectivity index (χ3n) is 4.20. The maximum atomic E-state index is 12.6. The van der Waals surface area contributed by atoms with Crippen LogP contribution >= 0.6 is 11.6 Å². The van der Waals surface area contributed by atoms with Crippen molar-refractivity contribution < 1.29 is 27.4 Å². The molecule has 0 aromatic heterocycles. The second kappa shape index (κ2) is 10.4. The topological polar surface area (TPSA) is 94.2 Å². The quantitative estimate of drug-likeness (QED) is 0.552. The summed E-state index contributed by atoms with van der Waals surface area (Å²) in [4.78, 5) is 12.6. The van der Waals surface area contributed by atoms with Crippen LogP contribution in [0, 0.1) is 0 Å². The van der Waals surface area contributed by atoms with Gasteiger partial charge in [0.15, 0.2) is 0 Å². The van der Waals surface area contributed by atoms with E-state index in [1.54, 1.807) is 43.5 Å². The molecule has 0 bridgehead atoms. The van der Waals surface area contributed by atoms with Crippen molar-refractivity contribution in [3.63, 3.8) is 0 Å². The van der Waals surface area contributed by atoms with Crippen LogP contribution in [0.2, 0.25) is 5.02 Å². The summed E-state index contributed by atoms with van der Waals surface area (Å²) in [6.07, 6.45) is 1.02. The lowest BCUT2D eigenvalue weighted by atomic mass is 10.2. The van der Waals surface area contributed by atoms with Crippen LogP contribution < -0.4 is 23.8 Å². The minimum Gasteiger partial charge on any atom is -0.497 e. The molecule has 0 saturated carbocycles. The van der Waals surface area contributed by atoms with E-state index in [-0.39, 0.29) is 24.6 Å². The van der Waals surface area contributed by atoms with E-state index in [4.69, 9.17) is 25.8 Å². The van der Waals surface area contributed by atoms with Crippen molar-refractivity contribution in [1.29, 1.82) is 0 Å². The number of halogens is 1. The summed E-state index contributed by atoms with van der Waals surface area (Å²) in [6, 6.07) is 10.6. The van der Waals surface area contributed by atoms with E-state index in [1.807, 2.05) is 0 Å². The number of carbonyl (C=O) groups excluding carboxylic acids is 1. The van der Waals surface area contributed by atoms with Crippen molar-refractivity contribution in [1.82, 2.24) is 5.32 Å². The molecule has 30 heavy (non-hydrogen) atoms. The predicted octanol–water partition coefficient (Wildman–Crippen LogP) is 2.71. The second-order valence-electron chi connectivity index (χ2n) is 6.37. The molecule has 2 aromatic rings. The number of anilines is 1. The van der Waals surface area contributed by atoms with Crippen LogP contribution in [0.3, 0.4) is 0 Å². The van der Waals surface area contributed by atoms with E-state index < -0.39 is 22.0 Å². The standard InChI is InChI=1S/C20H25ClN2O6S/c1-14(20(24)22-11-12-29-17-8-6-16(27-2)7-9-17)23(30(4,25)26)18-13-15(21)5-10-19(18)28-3/h5-10,13-14H,11-12H2,1-4H3,(H,22,24)/t14-/m0/s1. The van der Waals surface area contributed by atoms with Crippen LogP contribution in [0.25, 0.3) is 0 Å². The normalized spacial score (nSPS) is 12.0. The molecule has 0 aliphatic rings. The van der Waals surface area contributed by atoms with E-state index in [0.29, 0.717) is 16.5 Å². The maximum Gasteiger partial charge on any atom is 0.243 e. The first-order valence-corrected chi connectivity index (χ1v) is 11.3. The Hall–Kier alpha value is -2.65. The number of amides is 1. The summed E-state index contributed by atoms with van der Waals surface area (Å²) in [7, 11) is -0.815. The Morgan fingerprint density at radius 1 is 1.10 bits per heavy atom. The molecule has 8 nitrogen and oxygen atoms in total. The van der Waals surface area contributed by atoms with Gasteiger partial charge in [-0.05, 0) is 49.4 Å². The van der Waals surface area contributed by atoms with Gasteiger partial charge in [0.2, 0.25) is 15.9 Å². The van der Waals surface area contributed by atoms with Gasteiger partial charge in [0.05, 0.1) is 32.7 Å². The molecule has 1 amide bonds. The predicted molar refractivity (Wildman–Crippen MR) is 116 cm³/mol. The molecule has 0 fully saturated rings. The molecule has 10 heteroatoms. The van der Waals surface area contributed by atoms with E-state index in [9.17, 15) is 13.2 Å². The smallest absolute Gasteiger partial charge is 0.243 e. The number of nitrogens with zero attached hydrogens (tertiary/aromatic N) is 1. The summed E-state index contributed by atoms with van der Waals surface area (Å²) in [5, 5.41) is 3.00. The number of carbonyl (C=O) groups is 1. The molecule has 0 aliphatic heterocycles. The Morgan fingerprint density at radius 3 is 2.30 bits per heavy atom. The second-order valence-corrected chi connectivity index (χ2v) is 8.66. The Morgan fingerprint density at radius 2 is 1.73 bits per heavy atom. The van der Waals surface area contributed by atoms with Crippen LogP contribution in [0.5, 0.6) is 17.2 Å². The van der Waals surface area contributed by atoms with E-state index in [0.717, 1.165) is 10.6 Å². The summed E-state index contributed by atoms with van der Waals surface area (Å²) in [5.74, 6) is 1.13. The van der Waals surface area contributed by atoms with Crippen LogP contribution in [0.4, 0.5) is 5.69 Å². The zero-order chi connectivity index (χ0) is 22.3. The first-order valence-electron chi connectivity index (χ1n) is 9.05. The third-order valence-corrected chi connectivity index (χ3v) is 5.66. The van der Waals surface area contributed by atoms with Crippen molar-refractivity contribution in [2.24, 2.45) is 0 Å². The SMILES string of the molecule is COc1ccc(OCCNC(=O)[C@H](C)N(c2cc(Cl)ccc2OC)S(C)(=O)=O)cc1. The number of nitrogens with one attached hydrogen (secondary N) is 1. The number of rotatable bonds is 10. The molecule has 0 spiro atoms. The van der Waals surface area contributed by atoms with Crippen LogP contribution in [-0.4, -0.2) is 54.0 Å². The summed E-state index contributed by atoms with van der Waals surface area (Å²) < 4.78 is 41.7. The summed E-state index contributed by atoms with van der Waals surface area (Å²) >= 11 is 6.03. The molecule has 0 unspecified atom stereocenters. The van der Waals surface area contributed by atoms with Gasteiger partial charge in [-0.1, -0.05) is 11.6 Å². The molecular weight excluding hydrogens is 432 g/mol. The van der Waals surface area contributed by atoms with Crippen molar-refractivity contribution in [2.45, 2.75) is 13.0 Å². The first-order chi connectivity index (χ1) is 14.2. The summed E-state index contributed by atoms with van der Waals surface area (Å²) in [5.41, 5.74) is 0.185. The van der Waals surface area contributed by atoms with Gasteiger partial charge in [0.1, 0.15) is 29.9 Å². The molecular formula is C20H25ClN2O6S. The van der Waals surface area contributed by atoms with Crippen LogP contribution in [0.15, 0.2) is 42.5 Å². The van der Waals surface area contributed by atoms with Gasteiger partial charge in [-0.2, -0.15) is 0 Å². The Labute approximate surface area is 181 Å². The largest absolute Gasteiger partial charge is 0.497 e. The van der Waals surface area contributed by atoms with E-state index in [2.05, 4.69) is 5.32 Å². The van der Waals surface area contributed by atoms with Gasteiger partial charge in [-0.15, -0.1) is 0 Å². The minimum absolute atomic E-state index is 0.185. The number of hydrogen-bond donors (Lipinski definition) is 1. The average Bonchev–Trinajstić information content (AvgIpc) is 2.70. The highest BCUT2D eigenvalue weighted by Gasteiger charge is 2.31. The molecule has 2 rings (SSSR count). The Kier molecular flexibility index (Phi) is 8.19. The van der Waals surface area contributed by atoms with Crippen molar-refractivity contribution in [2.75, 3.05) is 37.9 Å². The number of methoxy groups -OCH3 is 2. The van der Waals surface area contributed by atoms with Crippen molar-refractivity contribution in [3.05, 3.63) is 47.5 Å². The zero-order valence-electron chi connectivity index (χ0n) is 17.2. The highest BCUT2D eigenvalue weighted by molar-refractivity contribution is 7.92. The van der Waals surface area contributed by atoms with Crippen molar-refractivity contribution >= 4 is 33.2 Å². The minimum atomic E-state index is -3.80. The highest BCUT2D eigenvalue weighted by Crippen LogP contribution is 2.34. The fraction of sp³-hybridized carbons (Fsp3) is 0.350. The van der Waals surface area contributed by atoms with Crippen LogP contribution in [-0.2, 0) is 14.8 Å². The van der Waals surface area contributed by atoms with Crippen LogP contribution in [0.1, 0.15) is 6.92 Å². The molecule has 0 aliphatic carbocycles. The molecule has 0 heterocycles. The lowest BCUT2D eigenvalue weighted by Gasteiger charge is -2.29. The Bertz CT molecular complexity index is 966. The number of benzene rings is 2. The van der Waals surface area contributed by atoms with Gasteiger partial charge in [0, 0.05) is 5.02 Å². The van der Waals surface area contributed by atoms with Gasteiger partial charge >= 0.3 is 0 Å². The third kappa shape index (κ3) is 6.17. The molecule has 1 N–H and O–H groups in total. The highest BCUT2D eigenvalue weighted by atomic mass is 35.5. The lowest BCUT2D eigenvalue weighted by molar-refractivity contribution is -0.121. The number of ether oxygens (including phenoxy) is 3. The van der Waals surface area contributed by atoms with Gasteiger partial charge in [-0.3, -0.25) is 9.10 Å². The molecule has 2 aromatic carbocycles. The fourth-order valence-corrected chi connectivity index (χ4v) is 4.12. The zero-order valence-corrected chi connectivity index (χ0v) is 18.8. The number of sulfonamides is 1.